The molecular formula is C16H24As2Cl2Zr. The molecule has 21 heavy (non-hydrogen) atoms. The van der Waals surface area contributed by atoms with Gasteiger partial charge in [-0.25, -0.2) is 0 Å². The summed E-state index contributed by atoms with van der Waals surface area (Å²) in [6.07, 6.45) is 0. The van der Waals surface area contributed by atoms with E-state index in [9.17, 15) is 0 Å². The molecule has 0 amide bonds. The van der Waals surface area contributed by atoms with Crippen LogP contribution >= 0.6 is 0 Å². The Bertz CT molecular complexity index is 525. The Kier molecular flexibility index (Phi) is 8.46. The van der Waals surface area contributed by atoms with Crippen molar-refractivity contribution in [2.24, 2.45) is 0 Å². The van der Waals surface area contributed by atoms with Crippen LogP contribution in [-0.2, 0) is 23.2 Å². The summed E-state index contributed by atoms with van der Waals surface area (Å²) in [5.41, 5.74) is 6.82. The van der Waals surface area contributed by atoms with Gasteiger partial charge in [0.05, 0.1) is 0 Å². The molecule has 0 N–H and O–H groups in total. The van der Waals surface area contributed by atoms with Gasteiger partial charge in [-0.1, -0.05) is 0 Å². The zero-order chi connectivity index (χ0) is 14.6. The summed E-state index contributed by atoms with van der Waals surface area (Å²) < 4.78 is 4.80. The zero-order valence-corrected chi connectivity index (χ0v) is 21.9. The maximum Gasteiger partial charge on any atom is -1.00 e. The van der Waals surface area contributed by atoms with Crippen LogP contribution in [-0.4, -0.2) is 39.2 Å². The molecule has 2 unspecified atom stereocenters. The van der Waals surface area contributed by atoms with Crippen LogP contribution in [0.15, 0.2) is 22.3 Å². The van der Waals surface area contributed by atoms with Crippen LogP contribution in [0.5, 0.6) is 0 Å². The molecule has 2 heterocycles. The third kappa shape index (κ3) is 4.07. The molecule has 0 bridgehead atoms. The third-order valence-corrected chi connectivity index (χ3v) is 20.9. The first kappa shape index (κ1) is 22.8. The van der Waals surface area contributed by atoms with E-state index in [1.165, 1.54) is 0 Å². The Balaban J connectivity index is 0.00000200. The molecule has 0 nitrogen and oxygen atoms in total. The smallest absolute Gasteiger partial charge is 1.00 e. The van der Waals surface area contributed by atoms with Crippen molar-refractivity contribution in [1.82, 2.24) is 0 Å². The van der Waals surface area contributed by atoms with Crippen molar-refractivity contribution in [1.29, 1.82) is 0 Å². The summed E-state index contributed by atoms with van der Waals surface area (Å²) in [5, 5.41) is 0. The van der Waals surface area contributed by atoms with Crippen LogP contribution in [0, 0.1) is 0 Å². The fourth-order valence-electron chi connectivity index (χ4n) is 3.00. The van der Waals surface area contributed by atoms with Gasteiger partial charge in [-0.05, 0) is 0 Å². The van der Waals surface area contributed by atoms with E-state index >= 15 is 0 Å². The van der Waals surface area contributed by atoms with Crippen molar-refractivity contribution < 1.29 is 48.0 Å². The van der Waals surface area contributed by atoms with Gasteiger partial charge in [0, 0.05) is 0 Å². The van der Waals surface area contributed by atoms with E-state index in [2.05, 4.69) is 55.4 Å². The van der Waals surface area contributed by atoms with Gasteiger partial charge < -0.3 is 24.8 Å². The van der Waals surface area contributed by atoms with Crippen LogP contribution in [0.4, 0.5) is 0 Å². The number of hydrogen-bond donors (Lipinski definition) is 0. The molecule has 5 heteroatoms. The first-order chi connectivity index (χ1) is 8.61. The molecule has 0 aromatic carbocycles. The fraction of sp³-hybridized carbons (Fsp3) is 0.625. The molecule has 2 rings (SSSR count). The van der Waals surface area contributed by atoms with Crippen LogP contribution < -0.4 is 24.8 Å². The van der Waals surface area contributed by atoms with Crippen molar-refractivity contribution in [3.05, 3.63) is 22.3 Å². The summed E-state index contributed by atoms with van der Waals surface area (Å²) in [6.45, 7) is 19.6. The summed E-state index contributed by atoms with van der Waals surface area (Å²) in [5.74, 6) is 0. The van der Waals surface area contributed by atoms with E-state index in [1.54, 1.807) is 30.9 Å². The van der Waals surface area contributed by atoms with E-state index in [0.717, 1.165) is 0 Å². The number of allylic oxidation sites excluding steroid dienone is 4. The molecule has 0 aliphatic carbocycles. The fourth-order valence-corrected chi connectivity index (χ4v) is 26.8. The van der Waals surface area contributed by atoms with Gasteiger partial charge in [0.15, 0.2) is 0 Å². The molecule has 0 radical (unpaired) electrons. The van der Waals surface area contributed by atoms with Crippen LogP contribution in [0.2, 0.25) is 3.82 Å². The van der Waals surface area contributed by atoms with Crippen LogP contribution in [0.1, 0.15) is 55.4 Å². The van der Waals surface area contributed by atoms with Gasteiger partial charge in [0.1, 0.15) is 0 Å². The molecule has 0 saturated heterocycles. The van der Waals surface area contributed by atoms with Gasteiger partial charge in [-0.2, -0.15) is 0 Å². The Hall–Kier alpha value is 1.80. The largest absolute Gasteiger partial charge is 1.00 e. The van der Waals surface area contributed by atoms with Gasteiger partial charge >= 0.3 is 144 Å². The van der Waals surface area contributed by atoms with E-state index in [4.69, 9.17) is 0 Å². The second kappa shape index (κ2) is 7.79. The Labute approximate surface area is 167 Å². The number of rotatable bonds is 2. The van der Waals surface area contributed by atoms with Crippen molar-refractivity contribution in [3.63, 3.8) is 0 Å². The normalized spacial score (nSPS) is 33.0. The number of hydrogen-bond acceptors (Lipinski definition) is 0. The van der Waals surface area contributed by atoms with E-state index in [1.807, 2.05) is 0 Å². The first-order valence-corrected chi connectivity index (χ1v) is 13.1. The van der Waals surface area contributed by atoms with Gasteiger partial charge in [-0.3, -0.25) is 0 Å². The quantitative estimate of drug-likeness (QED) is 0.359. The monoisotopic (exact) mass is 526 g/mol. The van der Waals surface area contributed by atoms with Gasteiger partial charge in [0.2, 0.25) is 0 Å². The molecule has 116 valence electrons. The standard InChI is InChI=1S/2C8H12As.2ClH.Zr/c2*1-5-6(2)8(4)9-7(5)3;;;/h2*1-4H3;2*1H;/q;;;;+2/p-2. The van der Waals surface area contributed by atoms with Gasteiger partial charge in [0.25, 0.3) is 0 Å². The van der Waals surface area contributed by atoms with E-state index < -0.39 is 23.2 Å². The number of halogens is 2. The second-order valence-electron chi connectivity index (χ2n) is 6.16. The minimum Gasteiger partial charge on any atom is -1.00 e. The first-order valence-electron chi connectivity index (χ1n) is 6.89. The summed E-state index contributed by atoms with van der Waals surface area (Å²) in [6, 6.07) is 0. The predicted octanol–water partition coefficient (Wildman–Crippen LogP) is -2.16. The van der Waals surface area contributed by atoms with Gasteiger partial charge in [-0.15, -0.1) is 0 Å². The molecule has 0 aromatic heterocycles. The molecule has 2 atom stereocenters. The molecule has 0 saturated carbocycles. The molecule has 0 fully saturated rings. The van der Waals surface area contributed by atoms with Crippen molar-refractivity contribution in [2.75, 3.05) is 0 Å². The molecule has 0 aromatic rings. The maximum atomic E-state index is 2.61. The molecule has 2 aliphatic heterocycles. The third-order valence-electron chi connectivity index (χ3n) is 4.94. The summed E-state index contributed by atoms with van der Waals surface area (Å²) in [7, 11) is 0. The maximum absolute atomic E-state index is 2.61. The zero-order valence-electron chi connectivity index (χ0n) is 14.2. The Morgan fingerprint density at radius 3 is 1.14 bits per heavy atom. The molecule has 2 aliphatic rings. The Morgan fingerprint density at radius 2 is 0.952 bits per heavy atom. The predicted molar refractivity (Wildman–Crippen MR) is 86.4 cm³/mol. The topological polar surface area (TPSA) is 0 Å². The van der Waals surface area contributed by atoms with Crippen LogP contribution in [0.3, 0.4) is 0 Å². The summed E-state index contributed by atoms with van der Waals surface area (Å²) in [4.78, 5) is 0. The van der Waals surface area contributed by atoms with Crippen molar-refractivity contribution in [3.8, 4) is 0 Å². The van der Waals surface area contributed by atoms with E-state index in [0.29, 0.717) is 34.4 Å². The summed E-state index contributed by atoms with van der Waals surface area (Å²) >= 11 is 0.366. The Morgan fingerprint density at radius 1 is 0.667 bits per heavy atom. The minimum absolute atomic E-state index is 0. The second-order valence-corrected chi connectivity index (χ2v) is 23.7. The minimum atomic E-state index is -0.461. The van der Waals surface area contributed by atoms with Crippen molar-refractivity contribution in [2.45, 2.75) is 59.2 Å². The molecular weight excluding hydrogens is 504 g/mol. The van der Waals surface area contributed by atoms with E-state index in [-0.39, 0.29) is 24.8 Å². The van der Waals surface area contributed by atoms with Crippen molar-refractivity contribution >= 4 is 39.2 Å². The average molecular weight is 528 g/mol. The molecule has 0 spiro atoms. The van der Waals surface area contributed by atoms with Crippen LogP contribution in [0.25, 0.3) is 0 Å². The average Bonchev–Trinajstić information content (AvgIpc) is 2.61. The SMILES string of the molecule is CC1=[As][C](C)([Zr+2][C]2(C)[As]=C(C)C(C)=C2C)C(C)=C1C.[Cl-].[Cl-].